The van der Waals surface area contributed by atoms with E-state index in [1.165, 1.54) is 12.1 Å². The first-order valence-corrected chi connectivity index (χ1v) is 9.51. The van der Waals surface area contributed by atoms with Crippen LogP contribution in [0.1, 0.15) is 42.9 Å². The predicted molar refractivity (Wildman–Crippen MR) is 102 cm³/mol. The van der Waals surface area contributed by atoms with Crippen LogP contribution in [0.3, 0.4) is 0 Å². The molecule has 0 radical (unpaired) electrons. The van der Waals surface area contributed by atoms with Crippen molar-refractivity contribution >= 4 is 11.8 Å². The lowest BCUT2D eigenvalue weighted by Gasteiger charge is -2.31. The van der Waals surface area contributed by atoms with E-state index in [1.807, 2.05) is 35.2 Å². The van der Waals surface area contributed by atoms with E-state index in [0.717, 1.165) is 43.5 Å². The first-order chi connectivity index (χ1) is 13.1. The second-order valence-electron chi connectivity index (χ2n) is 6.93. The molecule has 27 heavy (non-hydrogen) atoms. The molecule has 0 saturated carbocycles. The molecule has 1 saturated heterocycles. The van der Waals surface area contributed by atoms with E-state index in [-0.39, 0.29) is 24.1 Å². The minimum Gasteiger partial charge on any atom is -0.341 e. The van der Waals surface area contributed by atoms with E-state index < -0.39 is 6.04 Å². The number of piperidine rings is 1. The van der Waals surface area contributed by atoms with Gasteiger partial charge in [0.15, 0.2) is 0 Å². The minimum absolute atomic E-state index is 0.0556. The van der Waals surface area contributed by atoms with Gasteiger partial charge in [0.1, 0.15) is 11.9 Å². The third-order valence-electron chi connectivity index (χ3n) is 4.88. The van der Waals surface area contributed by atoms with Gasteiger partial charge in [-0.3, -0.25) is 9.59 Å². The molecule has 1 heterocycles. The number of halogens is 1. The number of rotatable bonds is 6. The number of benzene rings is 2. The molecule has 1 atom stereocenters. The van der Waals surface area contributed by atoms with Crippen LogP contribution in [0.15, 0.2) is 54.6 Å². The first-order valence-electron chi connectivity index (χ1n) is 9.51. The van der Waals surface area contributed by atoms with Crippen molar-refractivity contribution in [1.82, 2.24) is 10.2 Å². The molecule has 2 amide bonds. The quantitative estimate of drug-likeness (QED) is 0.846. The fraction of sp³-hybridized carbons (Fsp3) is 0.364. The van der Waals surface area contributed by atoms with Crippen molar-refractivity contribution in [3.8, 4) is 0 Å². The molecule has 0 aromatic heterocycles. The molecule has 1 aliphatic rings. The Kier molecular flexibility index (Phi) is 6.58. The summed E-state index contributed by atoms with van der Waals surface area (Å²) in [4.78, 5) is 27.4. The van der Waals surface area contributed by atoms with Crippen LogP contribution in [-0.4, -0.2) is 29.8 Å². The summed E-state index contributed by atoms with van der Waals surface area (Å²) in [6, 6.07) is 14.9. The largest absolute Gasteiger partial charge is 0.341 e. The second-order valence-corrected chi connectivity index (χ2v) is 6.93. The van der Waals surface area contributed by atoms with Crippen molar-refractivity contribution in [2.24, 2.45) is 0 Å². The van der Waals surface area contributed by atoms with Gasteiger partial charge in [-0.2, -0.15) is 0 Å². The number of likely N-dealkylation sites (tertiary alicyclic amines) is 1. The van der Waals surface area contributed by atoms with E-state index in [0.29, 0.717) is 6.42 Å². The number of aryl methyl sites for hydroxylation is 1. The lowest BCUT2D eigenvalue weighted by atomic mass is 10.0. The molecule has 1 fully saturated rings. The highest BCUT2D eigenvalue weighted by atomic mass is 19.1. The zero-order valence-corrected chi connectivity index (χ0v) is 15.4. The zero-order chi connectivity index (χ0) is 19.1. The van der Waals surface area contributed by atoms with Crippen LogP contribution in [0.2, 0.25) is 0 Å². The molecule has 5 heteroatoms. The van der Waals surface area contributed by atoms with Crippen molar-refractivity contribution in [2.45, 2.75) is 38.1 Å². The van der Waals surface area contributed by atoms with E-state index in [4.69, 9.17) is 0 Å². The molecule has 1 aliphatic heterocycles. The number of carbonyl (C=O) groups is 2. The average Bonchev–Trinajstić information content (AvgIpc) is 2.71. The maximum atomic E-state index is 13.3. The highest BCUT2D eigenvalue weighted by molar-refractivity contribution is 5.88. The van der Waals surface area contributed by atoms with Gasteiger partial charge in [0.05, 0.1) is 0 Å². The minimum atomic E-state index is -0.677. The van der Waals surface area contributed by atoms with Crippen LogP contribution >= 0.6 is 0 Å². The summed E-state index contributed by atoms with van der Waals surface area (Å²) in [7, 11) is 0. The molecule has 4 nitrogen and oxygen atoms in total. The third-order valence-corrected chi connectivity index (χ3v) is 4.88. The molecular formula is C22H25FN2O2. The van der Waals surface area contributed by atoms with Gasteiger partial charge in [0.2, 0.25) is 11.8 Å². The topological polar surface area (TPSA) is 49.4 Å². The lowest BCUT2D eigenvalue weighted by Crippen LogP contribution is -2.45. The van der Waals surface area contributed by atoms with Gasteiger partial charge < -0.3 is 10.2 Å². The highest BCUT2D eigenvalue weighted by Gasteiger charge is 2.28. The standard InChI is InChI=1S/C22H25FN2O2/c23-19-11-7-8-17(16-19)12-13-20(26)24-21(18-9-3-1-4-10-18)22(27)25-14-5-2-6-15-25/h1,3-4,7-11,16,21H,2,5-6,12-15H2,(H,24,26). The van der Waals surface area contributed by atoms with Gasteiger partial charge in [-0.05, 0) is 48.9 Å². The number of amides is 2. The maximum absolute atomic E-state index is 13.3. The van der Waals surface area contributed by atoms with Crippen LogP contribution in [0.25, 0.3) is 0 Å². The zero-order valence-electron chi connectivity index (χ0n) is 15.4. The van der Waals surface area contributed by atoms with Crippen LogP contribution in [-0.2, 0) is 16.0 Å². The van der Waals surface area contributed by atoms with Crippen molar-refractivity contribution in [3.05, 3.63) is 71.5 Å². The number of nitrogens with one attached hydrogen (secondary N) is 1. The fourth-order valence-electron chi connectivity index (χ4n) is 3.41. The Morgan fingerprint density at radius 2 is 1.74 bits per heavy atom. The summed E-state index contributed by atoms with van der Waals surface area (Å²) in [5.41, 5.74) is 1.55. The molecule has 0 aliphatic carbocycles. The number of nitrogens with zero attached hydrogens (tertiary/aromatic N) is 1. The van der Waals surface area contributed by atoms with Crippen molar-refractivity contribution in [1.29, 1.82) is 0 Å². The van der Waals surface area contributed by atoms with E-state index in [1.54, 1.807) is 12.1 Å². The van der Waals surface area contributed by atoms with Crippen molar-refractivity contribution in [3.63, 3.8) is 0 Å². The van der Waals surface area contributed by atoms with E-state index >= 15 is 0 Å². The number of hydrogen-bond acceptors (Lipinski definition) is 2. The van der Waals surface area contributed by atoms with Crippen molar-refractivity contribution < 1.29 is 14.0 Å². The Labute approximate surface area is 159 Å². The normalized spacial score (nSPS) is 15.2. The van der Waals surface area contributed by atoms with Gasteiger partial charge in [0, 0.05) is 19.5 Å². The molecule has 1 unspecified atom stereocenters. The number of carbonyl (C=O) groups excluding carboxylic acids is 2. The Morgan fingerprint density at radius 3 is 2.44 bits per heavy atom. The fourth-order valence-corrected chi connectivity index (χ4v) is 3.41. The van der Waals surface area contributed by atoms with Crippen LogP contribution in [0, 0.1) is 5.82 Å². The summed E-state index contributed by atoms with van der Waals surface area (Å²) in [6.07, 6.45) is 3.78. The molecular weight excluding hydrogens is 343 g/mol. The van der Waals surface area contributed by atoms with Gasteiger partial charge in [-0.15, -0.1) is 0 Å². The van der Waals surface area contributed by atoms with Crippen LogP contribution < -0.4 is 5.32 Å². The molecule has 142 valence electrons. The Morgan fingerprint density at radius 1 is 1.00 bits per heavy atom. The highest BCUT2D eigenvalue weighted by Crippen LogP contribution is 2.19. The van der Waals surface area contributed by atoms with E-state index in [2.05, 4.69) is 5.32 Å². The smallest absolute Gasteiger partial charge is 0.249 e. The number of hydrogen-bond donors (Lipinski definition) is 1. The molecule has 2 aromatic rings. The molecule has 1 N–H and O–H groups in total. The lowest BCUT2D eigenvalue weighted by molar-refractivity contribution is -0.137. The third kappa shape index (κ3) is 5.39. The van der Waals surface area contributed by atoms with Gasteiger partial charge >= 0.3 is 0 Å². The monoisotopic (exact) mass is 368 g/mol. The summed E-state index contributed by atoms with van der Waals surface area (Å²) in [5.74, 6) is -0.575. The maximum Gasteiger partial charge on any atom is 0.249 e. The summed E-state index contributed by atoms with van der Waals surface area (Å²) < 4.78 is 13.3. The first kappa shape index (κ1) is 19.1. The molecule has 2 aromatic carbocycles. The summed E-state index contributed by atoms with van der Waals surface area (Å²) >= 11 is 0. The van der Waals surface area contributed by atoms with Crippen LogP contribution in [0.5, 0.6) is 0 Å². The SMILES string of the molecule is O=C(CCc1cccc(F)c1)NC(C(=O)N1CCCCC1)c1ccccc1. The van der Waals surface area contributed by atoms with E-state index in [9.17, 15) is 14.0 Å². The Hall–Kier alpha value is -2.69. The summed E-state index contributed by atoms with van der Waals surface area (Å²) in [6.45, 7) is 1.47. The average molecular weight is 368 g/mol. The van der Waals surface area contributed by atoms with Crippen LogP contribution in [0.4, 0.5) is 4.39 Å². The molecule has 0 spiro atoms. The van der Waals surface area contributed by atoms with Gasteiger partial charge in [0.25, 0.3) is 0 Å². The Bertz CT molecular complexity index is 773. The summed E-state index contributed by atoms with van der Waals surface area (Å²) in [5, 5.41) is 2.89. The van der Waals surface area contributed by atoms with Crippen molar-refractivity contribution in [2.75, 3.05) is 13.1 Å². The molecule has 3 rings (SSSR count). The Balaban J connectivity index is 1.67. The van der Waals surface area contributed by atoms with Gasteiger partial charge in [-0.1, -0.05) is 42.5 Å². The van der Waals surface area contributed by atoms with Gasteiger partial charge in [-0.25, -0.2) is 4.39 Å². The molecule has 0 bridgehead atoms. The predicted octanol–water partition coefficient (Wildman–Crippen LogP) is 3.63. The second kappa shape index (κ2) is 9.31.